The Hall–Kier alpha value is -3.33. The lowest BCUT2D eigenvalue weighted by Crippen LogP contribution is -2.31. The maximum Gasteiger partial charge on any atom is 0.326 e. The fourth-order valence-corrected chi connectivity index (χ4v) is 4.17. The molecule has 1 aromatic heterocycles. The second-order valence-corrected chi connectivity index (χ2v) is 8.23. The lowest BCUT2D eigenvalue weighted by Gasteiger charge is -2.18. The van der Waals surface area contributed by atoms with Gasteiger partial charge < -0.3 is 10.2 Å². The summed E-state index contributed by atoms with van der Waals surface area (Å²) in [6, 6.07) is 11.2. The number of rotatable bonds is 6. The normalized spacial score (nSPS) is 13.7. The van der Waals surface area contributed by atoms with Crippen LogP contribution in [0.25, 0.3) is 0 Å². The predicted octanol–water partition coefficient (Wildman–Crippen LogP) is 4.10. The first-order valence-electron chi connectivity index (χ1n) is 9.71. The largest absolute Gasteiger partial charge is 0.347 e. The van der Waals surface area contributed by atoms with E-state index in [-0.39, 0.29) is 12.6 Å². The van der Waals surface area contributed by atoms with Crippen LogP contribution in [0.4, 0.5) is 18.7 Å². The van der Waals surface area contributed by atoms with Crippen molar-refractivity contribution in [1.82, 2.24) is 15.2 Å². The Bertz CT molecular complexity index is 1130. The van der Waals surface area contributed by atoms with Gasteiger partial charge in [-0.3, -0.25) is 9.69 Å². The summed E-state index contributed by atoms with van der Waals surface area (Å²) in [5.41, 5.74) is 2.66. The van der Waals surface area contributed by atoms with Gasteiger partial charge in [-0.05, 0) is 35.7 Å². The molecule has 2 aromatic carbocycles. The molecule has 1 saturated heterocycles. The molecular formula is C22H20F2N4O2S. The van der Waals surface area contributed by atoms with E-state index in [0.29, 0.717) is 35.2 Å². The quantitative estimate of drug-likeness (QED) is 0.625. The van der Waals surface area contributed by atoms with E-state index in [2.05, 4.69) is 10.3 Å². The van der Waals surface area contributed by atoms with Gasteiger partial charge in [0.1, 0.15) is 4.88 Å². The molecule has 3 amide bonds. The molecule has 1 aliphatic heterocycles. The first-order chi connectivity index (χ1) is 14.9. The fourth-order valence-electron chi connectivity index (χ4n) is 3.31. The molecular weight excluding hydrogens is 422 g/mol. The van der Waals surface area contributed by atoms with Crippen LogP contribution < -0.4 is 10.2 Å². The summed E-state index contributed by atoms with van der Waals surface area (Å²) in [4.78, 5) is 33.1. The molecule has 1 aliphatic rings. The van der Waals surface area contributed by atoms with Gasteiger partial charge in [0.05, 0.1) is 6.20 Å². The summed E-state index contributed by atoms with van der Waals surface area (Å²) in [6.45, 7) is 3.66. The highest BCUT2D eigenvalue weighted by Gasteiger charge is 2.32. The molecule has 3 aromatic rings. The fraction of sp³-hybridized carbons (Fsp3) is 0.227. The Labute approximate surface area is 182 Å². The van der Waals surface area contributed by atoms with Gasteiger partial charge >= 0.3 is 6.03 Å². The maximum absolute atomic E-state index is 13.3. The predicted molar refractivity (Wildman–Crippen MR) is 114 cm³/mol. The highest BCUT2D eigenvalue weighted by molar-refractivity contribution is 7.17. The lowest BCUT2D eigenvalue weighted by molar-refractivity contribution is 0.0954. The third-order valence-electron chi connectivity index (χ3n) is 5.10. The van der Waals surface area contributed by atoms with Gasteiger partial charge in [0.15, 0.2) is 16.8 Å². The number of nitrogens with zero attached hydrogens (tertiary/aromatic N) is 3. The molecule has 1 fully saturated rings. The van der Waals surface area contributed by atoms with E-state index in [1.807, 2.05) is 31.2 Å². The molecule has 0 atom stereocenters. The maximum atomic E-state index is 13.3. The number of benzene rings is 2. The zero-order valence-electron chi connectivity index (χ0n) is 16.8. The number of nitrogens with one attached hydrogen (secondary N) is 1. The Morgan fingerprint density at radius 2 is 1.97 bits per heavy atom. The van der Waals surface area contributed by atoms with Gasteiger partial charge in [0.2, 0.25) is 0 Å². The topological polar surface area (TPSA) is 65.5 Å². The number of hydrogen-bond acceptors (Lipinski definition) is 4. The van der Waals surface area contributed by atoms with Crippen LogP contribution in [-0.4, -0.2) is 34.9 Å². The van der Waals surface area contributed by atoms with E-state index >= 15 is 0 Å². The minimum Gasteiger partial charge on any atom is -0.347 e. The molecule has 160 valence electrons. The number of halogens is 2. The highest BCUT2D eigenvalue weighted by Crippen LogP contribution is 2.27. The number of carbonyl (C=O) groups is 2. The Morgan fingerprint density at radius 1 is 1.16 bits per heavy atom. The van der Waals surface area contributed by atoms with Gasteiger partial charge in [0, 0.05) is 26.2 Å². The van der Waals surface area contributed by atoms with Crippen LogP contribution in [0.1, 0.15) is 26.4 Å². The molecule has 2 heterocycles. The summed E-state index contributed by atoms with van der Waals surface area (Å²) in [5.74, 6) is -2.29. The van der Waals surface area contributed by atoms with Crippen LogP contribution in [0.2, 0.25) is 0 Å². The number of amides is 3. The number of thiazole rings is 1. The summed E-state index contributed by atoms with van der Waals surface area (Å²) in [7, 11) is 0. The number of aryl methyl sites for hydroxylation is 1. The lowest BCUT2D eigenvalue weighted by atomic mass is 10.1. The molecule has 1 N–H and O–H groups in total. The number of carbonyl (C=O) groups excluding carboxylic acids is 2. The third kappa shape index (κ3) is 4.56. The van der Waals surface area contributed by atoms with Crippen LogP contribution in [0, 0.1) is 18.6 Å². The minimum atomic E-state index is -0.963. The molecule has 4 rings (SSSR count). The highest BCUT2D eigenvalue weighted by atomic mass is 32.1. The second-order valence-electron chi connectivity index (χ2n) is 7.22. The van der Waals surface area contributed by atoms with Gasteiger partial charge in [-0.25, -0.2) is 18.6 Å². The van der Waals surface area contributed by atoms with Gasteiger partial charge in [-0.1, -0.05) is 41.7 Å². The molecule has 6 nitrogen and oxygen atoms in total. The summed E-state index contributed by atoms with van der Waals surface area (Å²) >= 11 is 1.12. The number of urea groups is 1. The van der Waals surface area contributed by atoms with Crippen LogP contribution in [0.15, 0.2) is 48.7 Å². The van der Waals surface area contributed by atoms with Crippen LogP contribution >= 0.6 is 11.3 Å². The van der Waals surface area contributed by atoms with Gasteiger partial charge in [0.25, 0.3) is 5.91 Å². The summed E-state index contributed by atoms with van der Waals surface area (Å²) in [6.07, 6.45) is 1.41. The molecule has 0 saturated carbocycles. The van der Waals surface area contributed by atoms with Crippen LogP contribution in [0.5, 0.6) is 0 Å². The molecule has 31 heavy (non-hydrogen) atoms. The van der Waals surface area contributed by atoms with Crippen LogP contribution in [-0.2, 0) is 13.1 Å². The number of anilines is 1. The molecule has 0 bridgehead atoms. The molecule has 0 unspecified atom stereocenters. The third-order valence-corrected chi connectivity index (χ3v) is 6.12. The smallest absolute Gasteiger partial charge is 0.326 e. The van der Waals surface area contributed by atoms with E-state index in [1.165, 1.54) is 12.3 Å². The summed E-state index contributed by atoms with van der Waals surface area (Å²) in [5, 5.41) is 3.11. The van der Waals surface area contributed by atoms with Crippen molar-refractivity contribution in [3.8, 4) is 0 Å². The Morgan fingerprint density at radius 3 is 2.74 bits per heavy atom. The zero-order valence-corrected chi connectivity index (χ0v) is 17.6. The molecule has 0 aliphatic carbocycles. The van der Waals surface area contributed by atoms with Crippen molar-refractivity contribution in [1.29, 1.82) is 0 Å². The van der Waals surface area contributed by atoms with Crippen molar-refractivity contribution < 1.29 is 18.4 Å². The van der Waals surface area contributed by atoms with Crippen LogP contribution in [0.3, 0.4) is 0 Å². The first kappa shape index (κ1) is 20.9. The van der Waals surface area contributed by atoms with Gasteiger partial charge in [-0.15, -0.1) is 0 Å². The Kier molecular flexibility index (Phi) is 5.94. The number of aromatic nitrogens is 1. The second kappa shape index (κ2) is 8.81. The SMILES string of the molecule is Cc1ccccc1CN1CCN(c2ncc(C(=O)NCc3ccc(F)c(F)c3)s2)C1=O. The monoisotopic (exact) mass is 442 g/mol. The first-order valence-corrected chi connectivity index (χ1v) is 10.5. The van der Waals surface area contributed by atoms with Crippen molar-refractivity contribution >= 4 is 28.4 Å². The minimum absolute atomic E-state index is 0.0517. The molecule has 9 heteroatoms. The van der Waals surface area contributed by atoms with E-state index in [1.54, 1.807) is 9.80 Å². The number of hydrogen-bond donors (Lipinski definition) is 1. The van der Waals surface area contributed by atoms with E-state index in [9.17, 15) is 18.4 Å². The molecule has 0 spiro atoms. The van der Waals surface area contributed by atoms with Crippen molar-refractivity contribution in [2.75, 3.05) is 18.0 Å². The van der Waals surface area contributed by atoms with Crippen molar-refractivity contribution in [2.24, 2.45) is 0 Å². The summed E-state index contributed by atoms with van der Waals surface area (Å²) < 4.78 is 26.3. The average Bonchev–Trinajstić information content (AvgIpc) is 3.38. The average molecular weight is 442 g/mol. The van der Waals surface area contributed by atoms with E-state index in [4.69, 9.17) is 0 Å². The standard InChI is InChI=1S/C22H20F2N4O2S/c1-14-4-2-3-5-16(14)13-27-8-9-28(22(27)30)21-26-12-19(31-21)20(29)25-11-15-6-7-17(23)18(24)10-15/h2-7,10,12H,8-9,11,13H2,1H3,(H,25,29). The van der Waals surface area contributed by atoms with E-state index < -0.39 is 17.5 Å². The molecule has 0 radical (unpaired) electrons. The van der Waals surface area contributed by atoms with Gasteiger partial charge in [-0.2, -0.15) is 0 Å². The zero-order chi connectivity index (χ0) is 22.0. The Balaban J connectivity index is 1.38. The van der Waals surface area contributed by atoms with Crippen molar-refractivity contribution in [3.63, 3.8) is 0 Å². The van der Waals surface area contributed by atoms with E-state index in [0.717, 1.165) is 34.6 Å². The van der Waals surface area contributed by atoms with Crippen molar-refractivity contribution in [2.45, 2.75) is 20.0 Å². The van der Waals surface area contributed by atoms with Crippen molar-refractivity contribution in [3.05, 3.63) is 81.9 Å².